The van der Waals surface area contributed by atoms with Crippen LogP contribution in [0.25, 0.3) is 11.3 Å². The number of benzene rings is 1. The molecule has 5 heteroatoms. The summed E-state index contributed by atoms with van der Waals surface area (Å²) in [6.45, 7) is 2.05. The average molecular weight is 248 g/mol. The lowest BCUT2D eigenvalue weighted by atomic mass is 10.0. The Morgan fingerprint density at radius 3 is 2.50 bits per heavy atom. The molecule has 18 heavy (non-hydrogen) atoms. The quantitative estimate of drug-likeness (QED) is 0.900. The number of aromatic nitrogens is 1. The largest absolute Gasteiger partial charge is 0.497 e. The minimum absolute atomic E-state index is 0.286. The maximum atomic E-state index is 5.56. The van der Waals surface area contributed by atoms with Crippen molar-refractivity contribution < 1.29 is 14.0 Å². The summed E-state index contributed by atoms with van der Waals surface area (Å²) in [5.41, 5.74) is 8.20. The van der Waals surface area contributed by atoms with Gasteiger partial charge in [-0.05, 0) is 12.5 Å². The van der Waals surface area contributed by atoms with Gasteiger partial charge in [-0.2, -0.15) is 0 Å². The number of hydrogen-bond donors (Lipinski definition) is 1. The number of rotatable bonds is 4. The molecule has 0 amide bonds. The van der Waals surface area contributed by atoms with Crippen LogP contribution >= 0.6 is 0 Å². The van der Waals surface area contributed by atoms with Crippen LogP contribution in [0.4, 0.5) is 5.88 Å². The molecule has 5 nitrogen and oxygen atoms in total. The van der Waals surface area contributed by atoms with Crippen molar-refractivity contribution in [1.29, 1.82) is 0 Å². The summed E-state index contributed by atoms with van der Waals surface area (Å²) >= 11 is 0. The molecule has 0 radical (unpaired) electrons. The van der Waals surface area contributed by atoms with E-state index in [0.717, 1.165) is 23.3 Å². The second kappa shape index (κ2) is 5.00. The molecule has 0 saturated heterocycles. The second-order valence-corrected chi connectivity index (χ2v) is 3.82. The van der Waals surface area contributed by atoms with Gasteiger partial charge in [-0.3, -0.25) is 0 Å². The molecule has 0 aliphatic heterocycles. The molecule has 0 aliphatic carbocycles. The fourth-order valence-electron chi connectivity index (χ4n) is 1.93. The topological polar surface area (TPSA) is 70.5 Å². The Morgan fingerprint density at radius 2 is 2.00 bits per heavy atom. The smallest absolute Gasteiger partial charge is 0.222 e. The van der Waals surface area contributed by atoms with Gasteiger partial charge in [0.25, 0.3) is 0 Å². The van der Waals surface area contributed by atoms with Gasteiger partial charge in [-0.25, -0.2) is 0 Å². The molecule has 96 valence electrons. The molecular weight excluding hydrogens is 232 g/mol. The van der Waals surface area contributed by atoms with Crippen LogP contribution in [0.1, 0.15) is 12.5 Å². The minimum Gasteiger partial charge on any atom is -0.497 e. The summed E-state index contributed by atoms with van der Waals surface area (Å²) in [5, 5.41) is 3.93. The molecule has 2 aromatic rings. The molecule has 1 aromatic heterocycles. The summed E-state index contributed by atoms with van der Waals surface area (Å²) < 4.78 is 15.5. The van der Waals surface area contributed by atoms with Gasteiger partial charge in [0, 0.05) is 23.3 Å². The van der Waals surface area contributed by atoms with Gasteiger partial charge >= 0.3 is 0 Å². The third kappa shape index (κ3) is 2.11. The SMILES string of the molecule is CCc1c(OC)cc(OC)cc1-c1cc(N)on1. The third-order valence-electron chi connectivity index (χ3n) is 2.80. The molecule has 2 rings (SSSR count). The maximum Gasteiger partial charge on any atom is 0.222 e. The zero-order chi connectivity index (χ0) is 13.1. The molecular formula is C13H16N2O3. The van der Waals surface area contributed by atoms with Crippen molar-refractivity contribution in [2.75, 3.05) is 20.0 Å². The fourth-order valence-corrected chi connectivity index (χ4v) is 1.93. The summed E-state index contributed by atoms with van der Waals surface area (Å²) in [6.07, 6.45) is 0.815. The lowest BCUT2D eigenvalue weighted by Gasteiger charge is -2.13. The standard InChI is InChI=1S/C13H16N2O3/c1-4-9-10(11-7-13(14)18-15-11)5-8(16-2)6-12(9)17-3/h5-7H,4,14H2,1-3H3. The van der Waals surface area contributed by atoms with Gasteiger partial charge in [0.2, 0.25) is 5.88 Å². The van der Waals surface area contributed by atoms with Crippen LogP contribution in [0.15, 0.2) is 22.7 Å². The van der Waals surface area contributed by atoms with Gasteiger partial charge in [0.1, 0.15) is 17.2 Å². The maximum absolute atomic E-state index is 5.56. The third-order valence-corrected chi connectivity index (χ3v) is 2.80. The van der Waals surface area contributed by atoms with Gasteiger partial charge in [0.15, 0.2) is 0 Å². The highest BCUT2D eigenvalue weighted by molar-refractivity contribution is 5.70. The van der Waals surface area contributed by atoms with Crippen LogP contribution in [0.2, 0.25) is 0 Å². The summed E-state index contributed by atoms with van der Waals surface area (Å²) in [6, 6.07) is 5.44. The van der Waals surface area contributed by atoms with E-state index in [2.05, 4.69) is 12.1 Å². The van der Waals surface area contributed by atoms with Crippen molar-refractivity contribution in [2.24, 2.45) is 0 Å². The first-order valence-electron chi connectivity index (χ1n) is 5.67. The molecule has 0 saturated carbocycles. The van der Waals surface area contributed by atoms with Crippen LogP contribution in [-0.4, -0.2) is 19.4 Å². The summed E-state index contributed by atoms with van der Waals surface area (Å²) in [7, 11) is 3.25. The summed E-state index contributed by atoms with van der Waals surface area (Å²) in [5.74, 6) is 1.77. The summed E-state index contributed by atoms with van der Waals surface area (Å²) in [4.78, 5) is 0. The number of nitrogens with two attached hydrogens (primary N) is 1. The predicted octanol–water partition coefficient (Wildman–Crippen LogP) is 2.50. The highest BCUT2D eigenvalue weighted by Crippen LogP contribution is 2.35. The molecule has 1 heterocycles. The van der Waals surface area contributed by atoms with Crippen molar-refractivity contribution in [3.63, 3.8) is 0 Å². The highest BCUT2D eigenvalue weighted by atomic mass is 16.5. The normalized spacial score (nSPS) is 10.4. The van der Waals surface area contributed by atoms with Crippen LogP contribution in [0.3, 0.4) is 0 Å². The zero-order valence-corrected chi connectivity index (χ0v) is 10.7. The van der Waals surface area contributed by atoms with Gasteiger partial charge in [-0.15, -0.1) is 0 Å². The van der Waals surface area contributed by atoms with Crippen molar-refractivity contribution in [3.8, 4) is 22.8 Å². The van der Waals surface area contributed by atoms with E-state index in [1.165, 1.54) is 0 Å². The van der Waals surface area contributed by atoms with E-state index >= 15 is 0 Å². The van der Waals surface area contributed by atoms with Crippen LogP contribution < -0.4 is 15.2 Å². The van der Waals surface area contributed by atoms with Gasteiger partial charge < -0.3 is 19.7 Å². The first-order valence-corrected chi connectivity index (χ1v) is 5.67. The number of hydrogen-bond acceptors (Lipinski definition) is 5. The molecule has 0 bridgehead atoms. The molecule has 0 fully saturated rings. The zero-order valence-electron chi connectivity index (χ0n) is 10.7. The van der Waals surface area contributed by atoms with E-state index in [1.807, 2.05) is 12.1 Å². The van der Waals surface area contributed by atoms with Crippen molar-refractivity contribution in [3.05, 3.63) is 23.8 Å². The Balaban J connectivity index is 2.63. The van der Waals surface area contributed by atoms with Crippen LogP contribution in [-0.2, 0) is 6.42 Å². The molecule has 1 aromatic carbocycles. The number of ether oxygens (including phenoxy) is 2. The van der Waals surface area contributed by atoms with Crippen LogP contribution in [0.5, 0.6) is 11.5 Å². The Morgan fingerprint density at radius 1 is 1.22 bits per heavy atom. The lowest BCUT2D eigenvalue weighted by Crippen LogP contribution is -1.96. The van der Waals surface area contributed by atoms with Crippen LogP contribution in [0, 0.1) is 0 Å². The van der Waals surface area contributed by atoms with E-state index in [-0.39, 0.29) is 5.88 Å². The number of nitrogen functional groups attached to an aromatic ring is 1. The van der Waals surface area contributed by atoms with Gasteiger partial charge in [0.05, 0.1) is 14.2 Å². The Kier molecular flexibility index (Phi) is 3.41. The first kappa shape index (κ1) is 12.3. The molecule has 2 N–H and O–H groups in total. The van der Waals surface area contributed by atoms with Gasteiger partial charge in [-0.1, -0.05) is 12.1 Å². The molecule has 0 atom stereocenters. The first-order chi connectivity index (χ1) is 8.69. The van der Waals surface area contributed by atoms with E-state index in [4.69, 9.17) is 19.7 Å². The molecule has 0 aliphatic rings. The predicted molar refractivity (Wildman–Crippen MR) is 68.8 cm³/mol. The Hall–Kier alpha value is -2.17. The monoisotopic (exact) mass is 248 g/mol. The minimum atomic E-state index is 0.286. The fraction of sp³-hybridized carbons (Fsp3) is 0.308. The molecule has 0 unspecified atom stereocenters. The van der Waals surface area contributed by atoms with E-state index in [9.17, 15) is 0 Å². The second-order valence-electron chi connectivity index (χ2n) is 3.82. The Labute approximate surface area is 105 Å². The van der Waals surface area contributed by atoms with Crippen molar-refractivity contribution in [2.45, 2.75) is 13.3 Å². The van der Waals surface area contributed by atoms with E-state index in [0.29, 0.717) is 11.4 Å². The number of nitrogens with zero attached hydrogens (tertiary/aromatic N) is 1. The van der Waals surface area contributed by atoms with Crippen molar-refractivity contribution in [1.82, 2.24) is 5.16 Å². The van der Waals surface area contributed by atoms with E-state index < -0.39 is 0 Å². The Bertz CT molecular complexity index is 549. The van der Waals surface area contributed by atoms with E-state index in [1.54, 1.807) is 20.3 Å². The molecule has 0 spiro atoms. The van der Waals surface area contributed by atoms with Crippen molar-refractivity contribution >= 4 is 5.88 Å². The number of anilines is 1. The lowest BCUT2D eigenvalue weighted by molar-refractivity contribution is 0.391. The average Bonchev–Trinajstić information content (AvgIpc) is 2.83. The number of methoxy groups -OCH3 is 2. The highest BCUT2D eigenvalue weighted by Gasteiger charge is 2.15.